The van der Waals surface area contributed by atoms with Gasteiger partial charge in [-0.15, -0.1) is 0 Å². The third kappa shape index (κ3) is 9.24. The van der Waals surface area contributed by atoms with E-state index in [4.69, 9.17) is 0 Å². The number of carbonyl (C=O) groups excluding carboxylic acids is 1. The summed E-state index contributed by atoms with van der Waals surface area (Å²) in [7, 11) is 0. The summed E-state index contributed by atoms with van der Waals surface area (Å²) < 4.78 is 0. The van der Waals surface area contributed by atoms with Crippen LogP contribution in [0.3, 0.4) is 0 Å². The van der Waals surface area contributed by atoms with E-state index < -0.39 is 0 Å². The second-order valence-corrected chi connectivity index (χ2v) is 5.76. The van der Waals surface area contributed by atoms with Gasteiger partial charge in [-0.2, -0.15) is 0 Å². The fraction of sp³-hybridized carbons (Fsp3) is 0.455. The highest BCUT2D eigenvalue weighted by molar-refractivity contribution is 5.78. The third-order valence-corrected chi connectivity index (χ3v) is 3.76. The van der Waals surface area contributed by atoms with Gasteiger partial charge in [0.25, 0.3) is 0 Å². The first-order valence-corrected chi connectivity index (χ1v) is 8.96. The summed E-state index contributed by atoms with van der Waals surface area (Å²) in [4.78, 5) is 15.5. The number of rotatable bonds is 5. The van der Waals surface area contributed by atoms with Gasteiger partial charge >= 0.3 is 0 Å². The second kappa shape index (κ2) is 13.5. The van der Waals surface area contributed by atoms with E-state index in [-0.39, 0.29) is 5.92 Å². The Morgan fingerprint density at radius 2 is 1.71 bits per heavy atom. The number of Topliss-reactive ketones (excluding diaryl/α,β-unsaturated/α-hetero) is 1. The van der Waals surface area contributed by atoms with E-state index in [1.165, 1.54) is 16.7 Å². The number of benzene rings is 1. The molecule has 0 saturated heterocycles. The Hall–Kier alpha value is -1.96. The SMILES string of the molecule is CC.CCCC(Cc1ccncc1C)C(C)=O.Cc1ccccc1. The van der Waals surface area contributed by atoms with E-state index in [1.54, 1.807) is 13.1 Å². The molecule has 0 aliphatic rings. The van der Waals surface area contributed by atoms with Gasteiger partial charge in [0.05, 0.1) is 0 Å². The lowest BCUT2D eigenvalue weighted by Gasteiger charge is -2.13. The maximum atomic E-state index is 11.4. The molecule has 1 heterocycles. The Morgan fingerprint density at radius 1 is 1.08 bits per heavy atom. The lowest BCUT2D eigenvalue weighted by atomic mass is 9.91. The lowest BCUT2D eigenvalue weighted by Crippen LogP contribution is -2.14. The van der Waals surface area contributed by atoms with E-state index in [1.807, 2.05) is 51.2 Å². The van der Waals surface area contributed by atoms with Gasteiger partial charge in [0.15, 0.2) is 0 Å². The zero-order chi connectivity index (χ0) is 18.4. The first-order chi connectivity index (χ1) is 11.5. The summed E-state index contributed by atoms with van der Waals surface area (Å²) in [6, 6.07) is 12.3. The molecule has 2 aromatic rings. The van der Waals surface area contributed by atoms with Crippen molar-refractivity contribution in [2.75, 3.05) is 0 Å². The molecule has 0 spiro atoms. The average molecular weight is 328 g/mol. The van der Waals surface area contributed by atoms with Gasteiger partial charge in [0.2, 0.25) is 0 Å². The van der Waals surface area contributed by atoms with E-state index in [0.29, 0.717) is 5.78 Å². The molecule has 0 radical (unpaired) electrons. The molecular formula is C22H33NO. The van der Waals surface area contributed by atoms with Crippen LogP contribution in [0.2, 0.25) is 0 Å². The summed E-state index contributed by atoms with van der Waals surface area (Å²) in [6.45, 7) is 11.9. The predicted molar refractivity (Wildman–Crippen MR) is 104 cm³/mol. The maximum absolute atomic E-state index is 11.4. The number of ketones is 1. The topological polar surface area (TPSA) is 30.0 Å². The number of carbonyl (C=O) groups is 1. The minimum absolute atomic E-state index is 0.177. The van der Waals surface area contributed by atoms with E-state index in [0.717, 1.165) is 19.3 Å². The predicted octanol–water partition coefficient (Wildman–Crippen LogP) is 5.96. The molecule has 1 unspecified atom stereocenters. The molecule has 0 N–H and O–H groups in total. The Balaban J connectivity index is 0.000000488. The monoisotopic (exact) mass is 327 g/mol. The molecule has 24 heavy (non-hydrogen) atoms. The zero-order valence-corrected chi connectivity index (χ0v) is 16.2. The highest BCUT2D eigenvalue weighted by Gasteiger charge is 2.14. The van der Waals surface area contributed by atoms with Crippen molar-refractivity contribution in [3.63, 3.8) is 0 Å². The van der Waals surface area contributed by atoms with Crippen molar-refractivity contribution in [3.8, 4) is 0 Å². The molecule has 2 rings (SSSR count). The first-order valence-electron chi connectivity index (χ1n) is 8.96. The quantitative estimate of drug-likeness (QED) is 0.678. The standard InChI is InChI=1S/C13H19NO.C7H8.C2H6/c1-4-5-13(11(3)15)8-12-6-7-14-9-10(12)2;1-7-5-3-2-4-6-7;1-2/h6-7,9,13H,4-5,8H2,1-3H3;2-6H,1H3;1-2H3. The summed E-state index contributed by atoms with van der Waals surface area (Å²) in [5.41, 5.74) is 3.75. The maximum Gasteiger partial charge on any atom is 0.133 e. The minimum atomic E-state index is 0.177. The first kappa shape index (κ1) is 22.0. The molecule has 0 fully saturated rings. The van der Waals surface area contributed by atoms with Crippen LogP contribution in [0.1, 0.15) is 57.2 Å². The van der Waals surface area contributed by atoms with Gasteiger partial charge in [-0.05, 0) is 50.8 Å². The van der Waals surface area contributed by atoms with E-state index >= 15 is 0 Å². The van der Waals surface area contributed by atoms with Crippen LogP contribution in [-0.4, -0.2) is 10.8 Å². The molecule has 2 nitrogen and oxygen atoms in total. The fourth-order valence-electron chi connectivity index (χ4n) is 2.33. The van der Waals surface area contributed by atoms with Crippen LogP contribution >= 0.6 is 0 Å². The molecule has 0 saturated carbocycles. The van der Waals surface area contributed by atoms with Crippen LogP contribution in [0, 0.1) is 19.8 Å². The Labute approximate surface area is 148 Å². The van der Waals surface area contributed by atoms with Crippen LogP contribution in [-0.2, 0) is 11.2 Å². The van der Waals surface area contributed by atoms with Crippen LogP contribution in [0.5, 0.6) is 0 Å². The molecule has 0 aliphatic carbocycles. The van der Waals surface area contributed by atoms with Crippen LogP contribution in [0.15, 0.2) is 48.8 Å². The van der Waals surface area contributed by atoms with Gasteiger partial charge in [-0.3, -0.25) is 9.78 Å². The Bertz CT molecular complexity index is 563. The molecule has 1 aromatic heterocycles. The molecule has 0 bridgehead atoms. The summed E-state index contributed by atoms with van der Waals surface area (Å²) in [6.07, 6.45) is 6.56. The highest BCUT2D eigenvalue weighted by atomic mass is 16.1. The summed E-state index contributed by atoms with van der Waals surface area (Å²) in [5, 5.41) is 0. The van der Waals surface area contributed by atoms with Crippen LogP contribution < -0.4 is 0 Å². The van der Waals surface area contributed by atoms with E-state index in [2.05, 4.69) is 31.0 Å². The number of aromatic nitrogens is 1. The molecule has 132 valence electrons. The number of hydrogen-bond donors (Lipinski definition) is 0. The minimum Gasteiger partial charge on any atom is -0.300 e. The van der Waals surface area contributed by atoms with Crippen molar-refractivity contribution in [2.24, 2.45) is 5.92 Å². The van der Waals surface area contributed by atoms with Crippen LogP contribution in [0.4, 0.5) is 0 Å². The van der Waals surface area contributed by atoms with Crippen molar-refractivity contribution < 1.29 is 4.79 Å². The Morgan fingerprint density at radius 3 is 2.12 bits per heavy atom. The Kier molecular flexibility index (Phi) is 12.4. The van der Waals surface area contributed by atoms with Gasteiger partial charge in [0, 0.05) is 18.3 Å². The van der Waals surface area contributed by atoms with Crippen molar-refractivity contribution in [1.82, 2.24) is 4.98 Å². The molecule has 1 atom stereocenters. The normalized spacial score (nSPS) is 10.6. The summed E-state index contributed by atoms with van der Waals surface area (Å²) >= 11 is 0. The number of pyridine rings is 1. The molecule has 0 amide bonds. The third-order valence-electron chi connectivity index (χ3n) is 3.76. The van der Waals surface area contributed by atoms with Crippen molar-refractivity contribution >= 4 is 5.78 Å². The molecule has 0 aliphatic heterocycles. The summed E-state index contributed by atoms with van der Waals surface area (Å²) in [5.74, 6) is 0.476. The molecule has 2 heteroatoms. The molecule has 1 aromatic carbocycles. The van der Waals surface area contributed by atoms with Gasteiger partial charge in [0.1, 0.15) is 5.78 Å². The lowest BCUT2D eigenvalue weighted by molar-refractivity contribution is -0.120. The largest absolute Gasteiger partial charge is 0.300 e. The smallest absolute Gasteiger partial charge is 0.133 e. The average Bonchev–Trinajstić information content (AvgIpc) is 2.59. The van der Waals surface area contributed by atoms with E-state index in [9.17, 15) is 4.79 Å². The van der Waals surface area contributed by atoms with Crippen LogP contribution in [0.25, 0.3) is 0 Å². The zero-order valence-electron chi connectivity index (χ0n) is 16.2. The second-order valence-electron chi connectivity index (χ2n) is 5.76. The number of aryl methyl sites for hydroxylation is 2. The highest BCUT2D eigenvalue weighted by Crippen LogP contribution is 2.17. The fourth-order valence-corrected chi connectivity index (χ4v) is 2.33. The van der Waals surface area contributed by atoms with Gasteiger partial charge < -0.3 is 0 Å². The molecular weight excluding hydrogens is 294 g/mol. The van der Waals surface area contributed by atoms with Gasteiger partial charge in [-0.1, -0.05) is 63.1 Å². The van der Waals surface area contributed by atoms with Crippen molar-refractivity contribution in [2.45, 2.75) is 60.8 Å². The van der Waals surface area contributed by atoms with Crippen molar-refractivity contribution in [3.05, 3.63) is 65.5 Å². The number of nitrogens with zero attached hydrogens (tertiary/aromatic N) is 1. The van der Waals surface area contributed by atoms with Crippen molar-refractivity contribution in [1.29, 1.82) is 0 Å². The number of hydrogen-bond acceptors (Lipinski definition) is 2. The van der Waals surface area contributed by atoms with Gasteiger partial charge in [-0.25, -0.2) is 0 Å².